The zero-order valence-corrected chi connectivity index (χ0v) is 11.8. The van der Waals surface area contributed by atoms with Gasteiger partial charge in [-0.15, -0.1) is 0 Å². The van der Waals surface area contributed by atoms with Gasteiger partial charge in [-0.25, -0.2) is 4.79 Å². The summed E-state index contributed by atoms with van der Waals surface area (Å²) in [6.07, 6.45) is 0.867. The SMILES string of the molecule is COCCCC(NC(=O)c1cc(C)nnc1C)C(=O)O. The molecule has 0 radical (unpaired) electrons. The highest BCUT2D eigenvalue weighted by Crippen LogP contribution is 2.07. The van der Waals surface area contributed by atoms with Crippen LogP contribution in [0.15, 0.2) is 6.07 Å². The second-order valence-corrected chi connectivity index (χ2v) is 4.48. The minimum Gasteiger partial charge on any atom is -0.480 e. The highest BCUT2D eigenvalue weighted by Gasteiger charge is 2.21. The Kier molecular flexibility index (Phi) is 6.05. The van der Waals surface area contributed by atoms with Crippen LogP contribution >= 0.6 is 0 Å². The molecule has 0 aliphatic rings. The van der Waals surface area contributed by atoms with Gasteiger partial charge in [0.1, 0.15) is 6.04 Å². The number of ether oxygens (including phenoxy) is 1. The molecule has 1 aromatic heterocycles. The molecule has 0 aliphatic heterocycles. The van der Waals surface area contributed by atoms with Gasteiger partial charge in [0.2, 0.25) is 0 Å². The number of carbonyl (C=O) groups is 2. The van der Waals surface area contributed by atoms with Gasteiger partial charge in [0, 0.05) is 13.7 Å². The van der Waals surface area contributed by atoms with Gasteiger partial charge in [-0.2, -0.15) is 10.2 Å². The third-order valence-electron chi connectivity index (χ3n) is 2.79. The standard InChI is InChI=1S/C13H19N3O4/c1-8-7-10(9(2)16-15-8)12(17)14-11(13(18)19)5-4-6-20-3/h7,11H,4-6H2,1-3H3,(H,14,17)(H,18,19). The maximum absolute atomic E-state index is 12.1. The molecule has 1 atom stereocenters. The molecule has 1 rings (SSSR count). The first-order valence-corrected chi connectivity index (χ1v) is 6.29. The summed E-state index contributed by atoms with van der Waals surface area (Å²) in [7, 11) is 1.54. The molecule has 20 heavy (non-hydrogen) atoms. The van der Waals surface area contributed by atoms with E-state index in [1.807, 2.05) is 0 Å². The molecule has 0 aromatic carbocycles. The molecular formula is C13H19N3O4. The Labute approximate surface area is 117 Å². The molecule has 1 aromatic rings. The fraction of sp³-hybridized carbons (Fsp3) is 0.538. The van der Waals surface area contributed by atoms with E-state index in [1.165, 1.54) is 0 Å². The number of aliphatic carboxylic acids is 1. The number of nitrogens with zero attached hydrogens (tertiary/aromatic N) is 2. The molecule has 0 spiro atoms. The summed E-state index contributed by atoms with van der Waals surface area (Å²) < 4.78 is 4.87. The molecule has 0 fully saturated rings. The van der Waals surface area contributed by atoms with Crippen molar-refractivity contribution in [3.8, 4) is 0 Å². The van der Waals surface area contributed by atoms with E-state index in [9.17, 15) is 9.59 Å². The van der Waals surface area contributed by atoms with Crippen molar-refractivity contribution in [1.82, 2.24) is 15.5 Å². The predicted octanol–water partition coefficient (Wildman–Crippen LogP) is 0.703. The van der Waals surface area contributed by atoms with E-state index < -0.39 is 17.9 Å². The molecule has 0 saturated heterocycles. The summed E-state index contributed by atoms with van der Waals surface area (Å²) in [5, 5.41) is 19.3. The Morgan fingerprint density at radius 1 is 1.40 bits per heavy atom. The largest absolute Gasteiger partial charge is 0.480 e. The first kappa shape index (κ1) is 16.0. The molecule has 1 unspecified atom stereocenters. The lowest BCUT2D eigenvalue weighted by Crippen LogP contribution is -2.41. The fourth-order valence-corrected chi connectivity index (χ4v) is 1.70. The molecule has 110 valence electrons. The van der Waals surface area contributed by atoms with E-state index in [0.29, 0.717) is 36.4 Å². The molecule has 7 nitrogen and oxygen atoms in total. The van der Waals surface area contributed by atoms with E-state index in [4.69, 9.17) is 9.84 Å². The highest BCUT2D eigenvalue weighted by molar-refractivity contribution is 5.97. The quantitative estimate of drug-likeness (QED) is 0.713. The van der Waals surface area contributed by atoms with Crippen LogP contribution in [0.5, 0.6) is 0 Å². The third-order valence-corrected chi connectivity index (χ3v) is 2.79. The van der Waals surface area contributed by atoms with Crippen LogP contribution < -0.4 is 5.32 Å². The van der Waals surface area contributed by atoms with E-state index >= 15 is 0 Å². The second-order valence-electron chi connectivity index (χ2n) is 4.48. The van der Waals surface area contributed by atoms with Gasteiger partial charge in [0.05, 0.1) is 17.0 Å². The monoisotopic (exact) mass is 281 g/mol. The number of methoxy groups -OCH3 is 1. The van der Waals surface area contributed by atoms with Crippen LogP contribution in [0.2, 0.25) is 0 Å². The number of hydrogen-bond donors (Lipinski definition) is 2. The van der Waals surface area contributed by atoms with Crippen molar-refractivity contribution in [2.24, 2.45) is 0 Å². The van der Waals surface area contributed by atoms with Crippen molar-refractivity contribution in [2.45, 2.75) is 32.7 Å². The van der Waals surface area contributed by atoms with Gasteiger partial charge in [-0.05, 0) is 32.8 Å². The van der Waals surface area contributed by atoms with E-state index in [0.717, 1.165) is 0 Å². The summed E-state index contributed by atoms with van der Waals surface area (Å²) in [4.78, 5) is 23.2. The average Bonchev–Trinajstić information content (AvgIpc) is 2.40. The number of aromatic nitrogens is 2. The van der Waals surface area contributed by atoms with Crippen LogP contribution in [0, 0.1) is 13.8 Å². The Morgan fingerprint density at radius 3 is 2.70 bits per heavy atom. The lowest BCUT2D eigenvalue weighted by atomic mass is 10.1. The minimum atomic E-state index is -1.06. The molecule has 0 bridgehead atoms. The third kappa shape index (κ3) is 4.58. The minimum absolute atomic E-state index is 0.311. The summed E-state index contributed by atoms with van der Waals surface area (Å²) in [5.41, 5.74) is 1.41. The number of carboxylic acids is 1. The average molecular weight is 281 g/mol. The molecule has 1 amide bonds. The van der Waals surface area contributed by atoms with Crippen molar-refractivity contribution >= 4 is 11.9 Å². The van der Waals surface area contributed by atoms with Gasteiger partial charge in [-0.1, -0.05) is 0 Å². The van der Waals surface area contributed by atoms with Crippen molar-refractivity contribution in [2.75, 3.05) is 13.7 Å². The predicted molar refractivity (Wildman–Crippen MR) is 71.5 cm³/mol. The van der Waals surface area contributed by atoms with Crippen LogP contribution in [0.4, 0.5) is 0 Å². The molecule has 2 N–H and O–H groups in total. The topological polar surface area (TPSA) is 101 Å². The first-order valence-electron chi connectivity index (χ1n) is 6.29. The smallest absolute Gasteiger partial charge is 0.326 e. The molecule has 7 heteroatoms. The van der Waals surface area contributed by atoms with Crippen LogP contribution in [0.3, 0.4) is 0 Å². The maximum Gasteiger partial charge on any atom is 0.326 e. The lowest BCUT2D eigenvalue weighted by molar-refractivity contribution is -0.139. The van der Waals surface area contributed by atoms with E-state index in [-0.39, 0.29) is 0 Å². The number of rotatable bonds is 7. The second kappa shape index (κ2) is 7.54. The van der Waals surface area contributed by atoms with Gasteiger partial charge in [-0.3, -0.25) is 4.79 Å². The summed E-state index contributed by atoms with van der Waals surface area (Å²) >= 11 is 0. The number of amides is 1. The maximum atomic E-state index is 12.1. The molecular weight excluding hydrogens is 262 g/mol. The van der Waals surface area contributed by atoms with Crippen LogP contribution in [-0.2, 0) is 9.53 Å². The Morgan fingerprint density at radius 2 is 2.10 bits per heavy atom. The van der Waals surface area contributed by atoms with Crippen molar-refractivity contribution in [3.05, 3.63) is 23.0 Å². The summed E-state index contributed by atoms with van der Waals surface area (Å²) in [6.45, 7) is 3.83. The molecule has 0 aliphatic carbocycles. The van der Waals surface area contributed by atoms with Gasteiger partial charge >= 0.3 is 5.97 Å². The van der Waals surface area contributed by atoms with Crippen molar-refractivity contribution in [3.63, 3.8) is 0 Å². The van der Waals surface area contributed by atoms with E-state index in [1.54, 1.807) is 27.0 Å². The highest BCUT2D eigenvalue weighted by atomic mass is 16.5. The number of hydrogen-bond acceptors (Lipinski definition) is 5. The Balaban J connectivity index is 2.75. The summed E-state index contributed by atoms with van der Waals surface area (Å²) in [6, 6.07) is 0.650. The normalized spacial score (nSPS) is 11.9. The number of aryl methyl sites for hydroxylation is 2. The summed E-state index contributed by atoms with van der Waals surface area (Å²) in [5.74, 6) is -1.52. The molecule has 1 heterocycles. The molecule has 0 saturated carbocycles. The van der Waals surface area contributed by atoms with Gasteiger partial charge in [0.25, 0.3) is 5.91 Å². The number of carboxylic acid groups (broad SMARTS) is 1. The van der Waals surface area contributed by atoms with Gasteiger partial charge in [0.15, 0.2) is 0 Å². The Hall–Kier alpha value is -2.02. The zero-order chi connectivity index (χ0) is 15.1. The zero-order valence-electron chi connectivity index (χ0n) is 11.8. The number of nitrogens with one attached hydrogen (secondary N) is 1. The van der Waals surface area contributed by atoms with Crippen LogP contribution in [0.1, 0.15) is 34.6 Å². The lowest BCUT2D eigenvalue weighted by Gasteiger charge is -2.15. The fourth-order valence-electron chi connectivity index (χ4n) is 1.70. The van der Waals surface area contributed by atoms with Crippen molar-refractivity contribution < 1.29 is 19.4 Å². The van der Waals surface area contributed by atoms with Crippen LogP contribution in [0.25, 0.3) is 0 Å². The van der Waals surface area contributed by atoms with Crippen LogP contribution in [-0.4, -0.2) is 46.9 Å². The van der Waals surface area contributed by atoms with Crippen molar-refractivity contribution in [1.29, 1.82) is 0 Å². The number of carbonyl (C=O) groups excluding carboxylic acids is 1. The Bertz CT molecular complexity index is 491. The van der Waals surface area contributed by atoms with Gasteiger partial charge < -0.3 is 15.2 Å². The van der Waals surface area contributed by atoms with E-state index in [2.05, 4.69) is 15.5 Å². The first-order chi connectivity index (χ1) is 9.45.